The van der Waals surface area contributed by atoms with Gasteiger partial charge >= 0.3 is 11.8 Å². The summed E-state index contributed by atoms with van der Waals surface area (Å²) in [6, 6.07) is 0. The molecular formula is C10H16O7. The normalized spacial score (nSPS) is 43.5. The van der Waals surface area contributed by atoms with Crippen molar-refractivity contribution in [2.24, 2.45) is 0 Å². The fourth-order valence-corrected chi connectivity index (χ4v) is 2.20. The summed E-state index contributed by atoms with van der Waals surface area (Å²) in [5.74, 6) is -3.66. The number of aliphatic hydroxyl groups is 2. The van der Waals surface area contributed by atoms with E-state index in [2.05, 4.69) is 4.74 Å². The van der Waals surface area contributed by atoms with Crippen LogP contribution in [0.25, 0.3) is 0 Å². The first-order valence-corrected chi connectivity index (χ1v) is 5.29. The molecule has 98 valence electrons. The summed E-state index contributed by atoms with van der Waals surface area (Å²) in [5, 5.41) is 18.9. The van der Waals surface area contributed by atoms with E-state index < -0.39 is 42.5 Å². The van der Waals surface area contributed by atoms with E-state index in [0.29, 0.717) is 0 Å². The van der Waals surface area contributed by atoms with Gasteiger partial charge in [-0.25, -0.2) is 4.79 Å². The predicted molar refractivity (Wildman–Crippen MR) is 52.7 cm³/mol. The van der Waals surface area contributed by atoms with Crippen molar-refractivity contribution in [1.82, 2.24) is 0 Å². The van der Waals surface area contributed by atoms with Gasteiger partial charge in [0.15, 0.2) is 11.9 Å². The van der Waals surface area contributed by atoms with Gasteiger partial charge in [0.1, 0.15) is 12.2 Å². The standard InChI is InChI=1S/C10H16O7/c1-9(2)16-7-6(12)5(4-11)15-10(7,17-9)8(13)14-3/h5-7,11-12H,4H2,1-3H3/t5-,6+,7-,10+/m1/s1. The van der Waals surface area contributed by atoms with Gasteiger partial charge in [-0.15, -0.1) is 0 Å². The molecule has 0 bridgehead atoms. The Morgan fingerprint density at radius 3 is 2.59 bits per heavy atom. The third-order valence-corrected chi connectivity index (χ3v) is 2.85. The van der Waals surface area contributed by atoms with E-state index in [1.165, 1.54) is 7.11 Å². The molecule has 0 spiro atoms. The zero-order valence-electron chi connectivity index (χ0n) is 9.87. The molecule has 0 saturated carbocycles. The molecule has 0 amide bonds. The van der Waals surface area contributed by atoms with E-state index in [9.17, 15) is 9.90 Å². The van der Waals surface area contributed by atoms with Gasteiger partial charge in [-0.1, -0.05) is 0 Å². The molecule has 0 aliphatic carbocycles. The number of hydrogen-bond donors (Lipinski definition) is 2. The van der Waals surface area contributed by atoms with Crippen molar-refractivity contribution < 1.29 is 34.0 Å². The second-order valence-electron chi connectivity index (χ2n) is 4.53. The summed E-state index contributed by atoms with van der Waals surface area (Å²) in [4.78, 5) is 11.8. The number of esters is 1. The lowest BCUT2D eigenvalue weighted by Gasteiger charge is -2.25. The Kier molecular flexibility index (Phi) is 2.91. The zero-order valence-corrected chi connectivity index (χ0v) is 9.87. The van der Waals surface area contributed by atoms with E-state index in [1.807, 2.05) is 0 Å². The summed E-state index contributed by atoms with van der Waals surface area (Å²) in [5.41, 5.74) is 0. The van der Waals surface area contributed by atoms with Gasteiger partial charge in [-0.05, 0) is 13.8 Å². The highest BCUT2D eigenvalue weighted by Crippen LogP contribution is 2.45. The van der Waals surface area contributed by atoms with Crippen LogP contribution in [0, 0.1) is 0 Å². The van der Waals surface area contributed by atoms with Crippen LogP contribution >= 0.6 is 0 Å². The van der Waals surface area contributed by atoms with E-state index in [4.69, 9.17) is 19.3 Å². The van der Waals surface area contributed by atoms with Crippen LogP contribution in [0.2, 0.25) is 0 Å². The molecule has 2 N–H and O–H groups in total. The Bertz CT molecular complexity index is 329. The van der Waals surface area contributed by atoms with Crippen molar-refractivity contribution in [3.63, 3.8) is 0 Å². The minimum Gasteiger partial charge on any atom is -0.465 e. The molecule has 2 fully saturated rings. The van der Waals surface area contributed by atoms with Crippen LogP contribution in [0.5, 0.6) is 0 Å². The first kappa shape index (κ1) is 12.7. The number of fused-ring (bicyclic) bond motifs is 1. The number of carbonyl (C=O) groups is 1. The second-order valence-corrected chi connectivity index (χ2v) is 4.53. The Labute approximate surface area is 98.2 Å². The molecule has 2 rings (SSSR count). The van der Waals surface area contributed by atoms with Gasteiger partial charge in [0.2, 0.25) is 0 Å². The van der Waals surface area contributed by atoms with E-state index in [0.717, 1.165) is 0 Å². The van der Waals surface area contributed by atoms with Crippen LogP contribution in [-0.2, 0) is 23.7 Å². The van der Waals surface area contributed by atoms with Crippen molar-refractivity contribution in [3.05, 3.63) is 0 Å². The first-order chi connectivity index (χ1) is 7.86. The Balaban J connectivity index is 2.34. The van der Waals surface area contributed by atoms with E-state index in [1.54, 1.807) is 13.8 Å². The third kappa shape index (κ3) is 1.74. The molecule has 0 radical (unpaired) electrons. The number of ether oxygens (including phenoxy) is 4. The zero-order chi connectivity index (χ0) is 12.8. The van der Waals surface area contributed by atoms with Crippen LogP contribution in [0.1, 0.15) is 13.8 Å². The molecule has 0 aromatic heterocycles. The molecule has 7 heteroatoms. The van der Waals surface area contributed by atoms with Gasteiger partial charge in [0, 0.05) is 0 Å². The summed E-state index contributed by atoms with van der Waals surface area (Å²) in [6.45, 7) is 2.75. The highest BCUT2D eigenvalue weighted by atomic mass is 16.9. The van der Waals surface area contributed by atoms with Gasteiger partial charge in [0.25, 0.3) is 0 Å². The predicted octanol–water partition coefficient (Wildman–Crippen LogP) is -1.24. The minimum atomic E-state index is -1.80. The molecule has 7 nitrogen and oxygen atoms in total. The number of methoxy groups -OCH3 is 1. The maximum atomic E-state index is 11.8. The summed E-state index contributed by atoms with van der Waals surface area (Å²) >= 11 is 0. The van der Waals surface area contributed by atoms with Crippen LogP contribution < -0.4 is 0 Å². The molecule has 4 atom stereocenters. The number of hydrogen-bond acceptors (Lipinski definition) is 7. The lowest BCUT2D eigenvalue weighted by atomic mass is 10.1. The summed E-state index contributed by atoms with van der Waals surface area (Å²) in [6.07, 6.45) is -3.10. The highest BCUT2D eigenvalue weighted by Gasteiger charge is 2.69. The van der Waals surface area contributed by atoms with Gasteiger partial charge in [-0.2, -0.15) is 0 Å². The van der Waals surface area contributed by atoms with Crippen molar-refractivity contribution in [2.75, 3.05) is 13.7 Å². The quantitative estimate of drug-likeness (QED) is 0.590. The van der Waals surface area contributed by atoms with Crippen molar-refractivity contribution in [3.8, 4) is 0 Å². The topological polar surface area (TPSA) is 94.5 Å². The number of rotatable bonds is 2. The monoisotopic (exact) mass is 248 g/mol. The highest BCUT2D eigenvalue weighted by molar-refractivity contribution is 5.79. The Morgan fingerprint density at radius 1 is 1.41 bits per heavy atom. The lowest BCUT2D eigenvalue weighted by Crippen LogP contribution is -2.48. The van der Waals surface area contributed by atoms with Crippen LogP contribution in [0.15, 0.2) is 0 Å². The van der Waals surface area contributed by atoms with Crippen molar-refractivity contribution >= 4 is 5.97 Å². The number of aliphatic hydroxyl groups excluding tert-OH is 2. The third-order valence-electron chi connectivity index (χ3n) is 2.85. The van der Waals surface area contributed by atoms with Gasteiger partial charge in [-0.3, -0.25) is 0 Å². The van der Waals surface area contributed by atoms with E-state index in [-0.39, 0.29) is 0 Å². The first-order valence-electron chi connectivity index (χ1n) is 5.29. The van der Waals surface area contributed by atoms with Crippen LogP contribution in [0.3, 0.4) is 0 Å². The fraction of sp³-hybridized carbons (Fsp3) is 0.900. The molecule has 2 heterocycles. The summed E-state index contributed by atoms with van der Waals surface area (Å²) < 4.78 is 20.8. The lowest BCUT2D eigenvalue weighted by molar-refractivity contribution is -0.267. The van der Waals surface area contributed by atoms with Crippen LogP contribution in [-0.4, -0.2) is 59.8 Å². The van der Waals surface area contributed by atoms with Crippen molar-refractivity contribution in [1.29, 1.82) is 0 Å². The summed E-state index contributed by atoms with van der Waals surface area (Å²) in [7, 11) is 1.19. The minimum absolute atomic E-state index is 0.441. The largest absolute Gasteiger partial charge is 0.465 e. The SMILES string of the molecule is COC(=O)[C@]12O[C@H](CO)[C@H](O)[C@H]1OC(C)(C)O2. The maximum Gasteiger partial charge on any atom is 0.369 e. The average Bonchev–Trinajstić information content (AvgIpc) is 2.68. The molecule has 0 aromatic carbocycles. The molecule has 0 unspecified atom stereocenters. The molecule has 0 aromatic rings. The second kappa shape index (κ2) is 3.89. The molecule has 2 aliphatic rings. The van der Waals surface area contributed by atoms with Crippen molar-refractivity contribution in [2.45, 2.75) is 43.7 Å². The van der Waals surface area contributed by atoms with Gasteiger partial charge < -0.3 is 29.2 Å². The maximum absolute atomic E-state index is 11.8. The molecular weight excluding hydrogens is 232 g/mol. The number of carbonyl (C=O) groups excluding carboxylic acids is 1. The molecule has 2 aliphatic heterocycles. The van der Waals surface area contributed by atoms with E-state index >= 15 is 0 Å². The van der Waals surface area contributed by atoms with Gasteiger partial charge in [0.05, 0.1) is 13.7 Å². The molecule has 2 saturated heterocycles. The fourth-order valence-electron chi connectivity index (χ4n) is 2.20. The molecule has 17 heavy (non-hydrogen) atoms. The van der Waals surface area contributed by atoms with Crippen LogP contribution in [0.4, 0.5) is 0 Å². The average molecular weight is 248 g/mol. The Hall–Kier alpha value is -0.730. The Morgan fingerprint density at radius 2 is 2.06 bits per heavy atom. The smallest absolute Gasteiger partial charge is 0.369 e.